The summed E-state index contributed by atoms with van der Waals surface area (Å²) in [5.41, 5.74) is 2.62. The Morgan fingerprint density at radius 2 is 1.88 bits per heavy atom. The number of thiophene rings is 1. The van der Waals surface area contributed by atoms with Crippen molar-refractivity contribution in [1.29, 1.82) is 5.26 Å². The lowest BCUT2D eigenvalue weighted by Crippen LogP contribution is -2.31. The first-order valence-corrected chi connectivity index (χ1v) is 14.0. The van der Waals surface area contributed by atoms with Crippen LogP contribution in [0.15, 0.2) is 36.7 Å². The number of sulfone groups is 1. The second kappa shape index (κ2) is 8.67. The van der Waals surface area contributed by atoms with Crippen LogP contribution in [0.1, 0.15) is 28.8 Å². The first-order chi connectivity index (χ1) is 15.8. The maximum absolute atomic E-state index is 11.7. The monoisotopic (exact) mass is 481 g/mol. The number of fused-ring (bicyclic) bond motifs is 1. The molecule has 1 atom stereocenters. The van der Waals surface area contributed by atoms with Crippen molar-refractivity contribution in [2.75, 3.05) is 37.3 Å². The summed E-state index contributed by atoms with van der Waals surface area (Å²) < 4.78 is 23.5. The van der Waals surface area contributed by atoms with Gasteiger partial charge in [-0.05, 0) is 36.6 Å². The summed E-state index contributed by atoms with van der Waals surface area (Å²) in [5.74, 6) is 0.975. The van der Waals surface area contributed by atoms with Gasteiger partial charge < -0.3 is 4.90 Å². The Labute approximate surface area is 198 Å². The predicted molar refractivity (Wildman–Crippen MR) is 131 cm³/mol. The fourth-order valence-corrected chi connectivity index (χ4v) is 7.46. The number of likely N-dealkylation sites (tertiary alicyclic amines) is 1. The fraction of sp³-hybridized carbons (Fsp3) is 0.458. The van der Waals surface area contributed by atoms with E-state index in [0.29, 0.717) is 6.42 Å². The second-order valence-electron chi connectivity index (χ2n) is 9.48. The van der Waals surface area contributed by atoms with Crippen LogP contribution in [-0.4, -0.2) is 55.7 Å². The molecule has 0 radical (unpaired) electrons. The summed E-state index contributed by atoms with van der Waals surface area (Å²) in [7, 11) is -3.08. The van der Waals surface area contributed by atoms with Crippen molar-refractivity contribution in [2.24, 2.45) is 5.41 Å². The molecule has 1 unspecified atom stereocenters. The van der Waals surface area contributed by atoms with Crippen LogP contribution in [0.2, 0.25) is 0 Å². The molecule has 33 heavy (non-hydrogen) atoms. The van der Waals surface area contributed by atoms with Crippen LogP contribution >= 0.6 is 11.3 Å². The third-order valence-corrected chi connectivity index (χ3v) is 8.79. The maximum Gasteiger partial charge on any atom is 0.152 e. The van der Waals surface area contributed by atoms with Gasteiger partial charge in [-0.1, -0.05) is 24.3 Å². The molecule has 0 aliphatic carbocycles. The van der Waals surface area contributed by atoms with Gasteiger partial charge in [-0.25, -0.2) is 18.4 Å². The lowest BCUT2D eigenvalue weighted by molar-refractivity contribution is 0.270. The number of hydrogen-bond acceptors (Lipinski definition) is 8. The molecule has 0 bridgehead atoms. The molecule has 2 aromatic heterocycles. The van der Waals surface area contributed by atoms with E-state index >= 15 is 0 Å². The highest BCUT2D eigenvalue weighted by Gasteiger charge is 2.44. The molecular weight excluding hydrogens is 454 g/mol. The van der Waals surface area contributed by atoms with Gasteiger partial charge in [0, 0.05) is 42.7 Å². The summed E-state index contributed by atoms with van der Waals surface area (Å²) in [6.07, 6.45) is 5.63. The Balaban J connectivity index is 1.28. The maximum atomic E-state index is 11.7. The van der Waals surface area contributed by atoms with Crippen molar-refractivity contribution < 1.29 is 8.42 Å². The zero-order valence-electron chi connectivity index (χ0n) is 18.7. The van der Waals surface area contributed by atoms with Gasteiger partial charge in [-0.15, -0.1) is 11.3 Å². The van der Waals surface area contributed by atoms with E-state index in [1.165, 1.54) is 29.6 Å². The summed E-state index contributed by atoms with van der Waals surface area (Å²) in [6.45, 7) is 5.02. The van der Waals surface area contributed by atoms with Gasteiger partial charge in [0.1, 0.15) is 17.0 Å². The molecule has 4 heterocycles. The fourth-order valence-electron chi connectivity index (χ4n) is 5.20. The topological polar surface area (TPSA) is 90.2 Å². The summed E-state index contributed by atoms with van der Waals surface area (Å²) in [6, 6.07) is 12.5. The van der Waals surface area contributed by atoms with Gasteiger partial charge in [-0.3, -0.25) is 4.90 Å². The molecule has 5 rings (SSSR count). The molecular formula is C24H27N5O2S2. The number of nitriles is 1. The normalized spacial score (nSPS) is 21.3. The van der Waals surface area contributed by atoms with Gasteiger partial charge in [0.15, 0.2) is 9.84 Å². The molecule has 1 spiro atoms. The summed E-state index contributed by atoms with van der Waals surface area (Å²) >= 11 is 1.44. The Bertz CT molecular complexity index is 1310. The number of hydrogen-bond donors (Lipinski definition) is 0. The molecule has 1 aromatic carbocycles. The third kappa shape index (κ3) is 4.88. The van der Waals surface area contributed by atoms with Gasteiger partial charge >= 0.3 is 0 Å². The first-order valence-electron chi connectivity index (χ1n) is 11.2. The van der Waals surface area contributed by atoms with Crippen molar-refractivity contribution in [3.8, 4) is 6.07 Å². The number of anilines is 1. The molecule has 7 nitrogen and oxygen atoms in total. The minimum absolute atomic E-state index is 0.0455. The van der Waals surface area contributed by atoms with E-state index in [1.807, 2.05) is 6.07 Å². The number of nitrogens with zero attached hydrogens (tertiary/aromatic N) is 5. The van der Waals surface area contributed by atoms with Gasteiger partial charge in [0.25, 0.3) is 0 Å². The van der Waals surface area contributed by atoms with Crippen molar-refractivity contribution in [2.45, 2.75) is 31.6 Å². The molecule has 0 N–H and O–H groups in total. The highest BCUT2D eigenvalue weighted by atomic mass is 32.2. The molecule has 172 valence electrons. The van der Waals surface area contributed by atoms with Crippen molar-refractivity contribution in [3.05, 3.63) is 52.7 Å². The first kappa shape index (κ1) is 22.3. The standard InChI is InChI=1S/C24H27N5O2S2/c1-33(30,31)14-20-12-21-22(26-17-27-23(21)32-20)29-11-8-24(16-29)7-10-28(15-24)13-19-4-2-18(3-5-19)6-9-25/h2-5,12,17H,6-8,10-11,13-16H2,1H3. The molecule has 3 aromatic rings. The predicted octanol–water partition coefficient (Wildman–Crippen LogP) is 3.40. The minimum Gasteiger partial charge on any atom is -0.355 e. The van der Waals surface area contributed by atoms with Crippen LogP contribution in [0.5, 0.6) is 0 Å². The third-order valence-electron chi connectivity index (χ3n) is 6.73. The highest BCUT2D eigenvalue weighted by molar-refractivity contribution is 7.90. The molecule has 0 saturated carbocycles. The van der Waals surface area contributed by atoms with E-state index in [9.17, 15) is 8.42 Å². The quantitative estimate of drug-likeness (QED) is 0.533. The number of rotatable bonds is 6. The molecule has 2 saturated heterocycles. The van der Waals surface area contributed by atoms with Gasteiger partial charge in [0.2, 0.25) is 0 Å². The summed E-state index contributed by atoms with van der Waals surface area (Å²) in [5, 5.41) is 9.81. The van der Waals surface area contributed by atoms with Crippen molar-refractivity contribution >= 4 is 37.2 Å². The molecule has 0 amide bonds. The van der Waals surface area contributed by atoms with Crippen molar-refractivity contribution in [3.63, 3.8) is 0 Å². The second-order valence-corrected chi connectivity index (χ2v) is 12.7. The van der Waals surface area contributed by atoms with E-state index in [2.05, 4.69) is 50.1 Å². The van der Waals surface area contributed by atoms with Gasteiger partial charge in [0.05, 0.1) is 23.6 Å². The Morgan fingerprint density at radius 1 is 1.12 bits per heavy atom. The van der Waals surface area contributed by atoms with E-state index in [4.69, 9.17) is 5.26 Å². The van der Waals surface area contributed by atoms with E-state index < -0.39 is 9.84 Å². The highest BCUT2D eigenvalue weighted by Crippen LogP contribution is 2.43. The van der Waals surface area contributed by atoms with Crippen LogP contribution in [0, 0.1) is 16.7 Å². The average Bonchev–Trinajstić information content (AvgIpc) is 3.47. The average molecular weight is 482 g/mol. The van der Waals surface area contributed by atoms with E-state index in [-0.39, 0.29) is 11.2 Å². The Kier molecular flexibility index (Phi) is 5.85. The van der Waals surface area contributed by atoms with Crippen LogP contribution < -0.4 is 4.90 Å². The number of benzene rings is 1. The lowest BCUT2D eigenvalue weighted by Gasteiger charge is -2.25. The van der Waals surface area contributed by atoms with Crippen LogP contribution in [0.25, 0.3) is 10.2 Å². The Morgan fingerprint density at radius 3 is 2.64 bits per heavy atom. The van der Waals surface area contributed by atoms with E-state index in [0.717, 1.165) is 65.6 Å². The van der Waals surface area contributed by atoms with Crippen molar-refractivity contribution in [1.82, 2.24) is 14.9 Å². The lowest BCUT2D eigenvalue weighted by atomic mass is 9.86. The summed E-state index contributed by atoms with van der Waals surface area (Å²) in [4.78, 5) is 15.6. The molecule has 2 fully saturated rings. The molecule has 2 aliphatic rings. The van der Waals surface area contributed by atoms with Crippen LogP contribution in [0.4, 0.5) is 5.82 Å². The van der Waals surface area contributed by atoms with Crippen LogP contribution in [-0.2, 0) is 28.6 Å². The SMILES string of the molecule is CS(=O)(=O)Cc1cc2c(N3CCC4(CCN(Cc5ccc(CC#N)cc5)C4)C3)ncnc2s1. The zero-order chi connectivity index (χ0) is 23.1. The van der Waals surface area contributed by atoms with Crippen LogP contribution in [0.3, 0.4) is 0 Å². The molecule has 9 heteroatoms. The van der Waals surface area contributed by atoms with E-state index in [1.54, 1.807) is 6.33 Å². The smallest absolute Gasteiger partial charge is 0.152 e. The Hall–Kier alpha value is -2.54. The largest absolute Gasteiger partial charge is 0.355 e. The zero-order valence-corrected chi connectivity index (χ0v) is 20.3. The number of aromatic nitrogens is 2. The van der Waals surface area contributed by atoms with Gasteiger partial charge in [-0.2, -0.15) is 5.26 Å². The minimum atomic E-state index is -3.08. The molecule has 2 aliphatic heterocycles.